The standard InChI is InChI=1S/C20H20N2/c1-2-3-4-5-6-17-7-9-19(10-8-17)16-22-20-13-11-18(15-21)12-14-20/h2,7-14,16H,1,3-6H2. The minimum absolute atomic E-state index is 0.653. The summed E-state index contributed by atoms with van der Waals surface area (Å²) in [5.74, 6) is 0. The van der Waals surface area contributed by atoms with E-state index in [-0.39, 0.29) is 0 Å². The van der Waals surface area contributed by atoms with Crippen molar-refractivity contribution in [2.75, 3.05) is 0 Å². The van der Waals surface area contributed by atoms with Crippen LogP contribution >= 0.6 is 0 Å². The van der Waals surface area contributed by atoms with Gasteiger partial charge in [0, 0.05) is 6.21 Å². The molecule has 0 spiro atoms. The van der Waals surface area contributed by atoms with E-state index in [1.165, 1.54) is 18.4 Å². The molecule has 0 heterocycles. The van der Waals surface area contributed by atoms with Gasteiger partial charge in [0.2, 0.25) is 0 Å². The normalized spacial score (nSPS) is 10.5. The minimum Gasteiger partial charge on any atom is -0.256 e. The van der Waals surface area contributed by atoms with Crippen LogP contribution in [0.15, 0.2) is 66.2 Å². The van der Waals surface area contributed by atoms with Crippen molar-refractivity contribution >= 4 is 11.9 Å². The molecule has 0 saturated heterocycles. The van der Waals surface area contributed by atoms with E-state index in [0.717, 1.165) is 24.1 Å². The number of nitrogens with zero attached hydrogens (tertiary/aromatic N) is 2. The van der Waals surface area contributed by atoms with Crippen LogP contribution in [0.25, 0.3) is 0 Å². The van der Waals surface area contributed by atoms with Gasteiger partial charge in [0.15, 0.2) is 0 Å². The zero-order valence-corrected chi connectivity index (χ0v) is 12.7. The van der Waals surface area contributed by atoms with Crippen LogP contribution < -0.4 is 0 Å². The predicted molar refractivity (Wildman–Crippen MR) is 92.6 cm³/mol. The highest BCUT2D eigenvalue weighted by Crippen LogP contribution is 2.13. The summed E-state index contributed by atoms with van der Waals surface area (Å²) in [6.07, 6.45) is 8.43. The van der Waals surface area contributed by atoms with Gasteiger partial charge in [-0.2, -0.15) is 5.26 Å². The SMILES string of the molecule is C=CCCCCc1ccc(C=Nc2ccc(C#N)cc2)cc1. The van der Waals surface area contributed by atoms with Gasteiger partial charge in [-0.3, -0.25) is 4.99 Å². The highest BCUT2D eigenvalue weighted by molar-refractivity contribution is 5.81. The quantitative estimate of drug-likeness (QED) is 0.391. The van der Waals surface area contributed by atoms with Crippen LogP contribution in [0.3, 0.4) is 0 Å². The van der Waals surface area contributed by atoms with E-state index in [0.29, 0.717) is 5.56 Å². The molecule has 0 bridgehead atoms. The monoisotopic (exact) mass is 288 g/mol. The van der Waals surface area contributed by atoms with Crippen molar-refractivity contribution in [1.82, 2.24) is 0 Å². The van der Waals surface area contributed by atoms with Crippen molar-refractivity contribution in [3.8, 4) is 6.07 Å². The van der Waals surface area contributed by atoms with Crippen molar-refractivity contribution in [2.24, 2.45) is 4.99 Å². The van der Waals surface area contributed by atoms with Crippen molar-refractivity contribution in [3.63, 3.8) is 0 Å². The number of hydrogen-bond donors (Lipinski definition) is 0. The minimum atomic E-state index is 0.653. The number of rotatable bonds is 7. The van der Waals surface area contributed by atoms with E-state index in [1.807, 2.05) is 24.4 Å². The molecule has 0 amide bonds. The van der Waals surface area contributed by atoms with E-state index in [4.69, 9.17) is 5.26 Å². The second-order valence-electron chi connectivity index (χ2n) is 5.19. The van der Waals surface area contributed by atoms with Crippen molar-refractivity contribution in [2.45, 2.75) is 25.7 Å². The molecule has 2 heteroatoms. The molecule has 0 N–H and O–H groups in total. The second-order valence-corrected chi connectivity index (χ2v) is 5.19. The molecule has 0 atom stereocenters. The molecule has 2 aromatic carbocycles. The van der Waals surface area contributed by atoms with Crippen LogP contribution in [0.1, 0.15) is 36.0 Å². The molecule has 0 saturated carbocycles. The average molecular weight is 288 g/mol. The maximum atomic E-state index is 8.76. The van der Waals surface area contributed by atoms with E-state index in [1.54, 1.807) is 12.1 Å². The fraction of sp³-hybridized carbons (Fsp3) is 0.200. The lowest BCUT2D eigenvalue weighted by Gasteiger charge is -2.01. The number of nitriles is 1. The number of hydrogen-bond acceptors (Lipinski definition) is 2. The van der Waals surface area contributed by atoms with Crippen LogP contribution in [0, 0.1) is 11.3 Å². The summed E-state index contributed by atoms with van der Waals surface area (Å²) in [4.78, 5) is 4.42. The Labute approximate surface area is 132 Å². The lowest BCUT2D eigenvalue weighted by atomic mass is 10.1. The number of unbranched alkanes of at least 4 members (excludes halogenated alkanes) is 2. The number of allylic oxidation sites excluding steroid dienone is 1. The zero-order valence-electron chi connectivity index (χ0n) is 12.7. The molecule has 2 aromatic rings. The fourth-order valence-electron chi connectivity index (χ4n) is 2.16. The van der Waals surface area contributed by atoms with Gasteiger partial charge in [-0.1, -0.05) is 30.3 Å². The van der Waals surface area contributed by atoms with Crippen LogP contribution in [0.5, 0.6) is 0 Å². The topological polar surface area (TPSA) is 36.1 Å². The number of aliphatic imine (C=N–C) groups is 1. The molecule has 2 rings (SSSR count). The Morgan fingerprint density at radius 3 is 2.36 bits per heavy atom. The predicted octanol–water partition coefficient (Wildman–Crippen LogP) is 5.21. The van der Waals surface area contributed by atoms with E-state index in [2.05, 4.69) is 41.9 Å². The van der Waals surface area contributed by atoms with Crippen LogP contribution in [-0.4, -0.2) is 6.21 Å². The van der Waals surface area contributed by atoms with Gasteiger partial charge in [0.05, 0.1) is 17.3 Å². The molecule has 0 unspecified atom stereocenters. The number of benzene rings is 2. The molecular weight excluding hydrogens is 268 g/mol. The van der Waals surface area contributed by atoms with Crippen LogP contribution in [0.2, 0.25) is 0 Å². The third-order valence-corrected chi connectivity index (χ3v) is 3.46. The first-order chi connectivity index (χ1) is 10.8. The van der Waals surface area contributed by atoms with Crippen LogP contribution in [-0.2, 0) is 6.42 Å². The molecule has 0 fully saturated rings. The Kier molecular flexibility index (Phi) is 6.14. The molecule has 0 radical (unpaired) electrons. The van der Waals surface area contributed by atoms with E-state index in [9.17, 15) is 0 Å². The van der Waals surface area contributed by atoms with Crippen molar-refractivity contribution < 1.29 is 0 Å². The van der Waals surface area contributed by atoms with Gasteiger partial charge in [0.1, 0.15) is 0 Å². The lowest BCUT2D eigenvalue weighted by Crippen LogP contribution is -1.87. The molecule has 2 nitrogen and oxygen atoms in total. The molecule has 0 aromatic heterocycles. The molecule has 0 aliphatic heterocycles. The Balaban J connectivity index is 1.91. The summed E-state index contributed by atoms with van der Waals surface area (Å²) in [5.41, 5.74) is 3.95. The summed E-state index contributed by atoms with van der Waals surface area (Å²) in [6, 6.07) is 17.9. The smallest absolute Gasteiger partial charge is 0.0991 e. The maximum Gasteiger partial charge on any atom is 0.0991 e. The molecule has 110 valence electrons. The largest absolute Gasteiger partial charge is 0.256 e. The first-order valence-electron chi connectivity index (χ1n) is 7.56. The third-order valence-electron chi connectivity index (χ3n) is 3.46. The Hall–Kier alpha value is -2.66. The highest BCUT2D eigenvalue weighted by Gasteiger charge is 1.95. The highest BCUT2D eigenvalue weighted by atomic mass is 14.7. The number of aryl methyl sites for hydroxylation is 1. The summed E-state index contributed by atoms with van der Waals surface area (Å²) >= 11 is 0. The average Bonchev–Trinajstić information content (AvgIpc) is 2.58. The van der Waals surface area contributed by atoms with Gasteiger partial charge in [-0.25, -0.2) is 0 Å². The molecule has 0 aliphatic rings. The lowest BCUT2D eigenvalue weighted by molar-refractivity contribution is 0.748. The Morgan fingerprint density at radius 2 is 1.73 bits per heavy atom. The van der Waals surface area contributed by atoms with Gasteiger partial charge in [-0.15, -0.1) is 6.58 Å². The van der Waals surface area contributed by atoms with Crippen LogP contribution in [0.4, 0.5) is 5.69 Å². The summed E-state index contributed by atoms with van der Waals surface area (Å²) in [6.45, 7) is 3.74. The fourth-order valence-corrected chi connectivity index (χ4v) is 2.16. The van der Waals surface area contributed by atoms with Gasteiger partial charge in [0.25, 0.3) is 0 Å². The van der Waals surface area contributed by atoms with Crippen molar-refractivity contribution in [3.05, 3.63) is 77.9 Å². The molecule has 0 aliphatic carbocycles. The second kappa shape index (κ2) is 8.59. The summed E-state index contributed by atoms with van der Waals surface area (Å²) in [5, 5.41) is 8.76. The van der Waals surface area contributed by atoms with Gasteiger partial charge < -0.3 is 0 Å². The first kappa shape index (κ1) is 15.7. The third kappa shape index (κ3) is 5.03. The van der Waals surface area contributed by atoms with Crippen molar-refractivity contribution in [1.29, 1.82) is 5.26 Å². The van der Waals surface area contributed by atoms with Gasteiger partial charge >= 0.3 is 0 Å². The molecular formula is C20H20N2. The zero-order chi connectivity index (χ0) is 15.6. The Bertz CT molecular complexity index is 658. The summed E-state index contributed by atoms with van der Waals surface area (Å²) in [7, 11) is 0. The maximum absolute atomic E-state index is 8.76. The van der Waals surface area contributed by atoms with Gasteiger partial charge in [-0.05, 0) is 61.1 Å². The molecule has 22 heavy (non-hydrogen) atoms. The summed E-state index contributed by atoms with van der Waals surface area (Å²) < 4.78 is 0. The van der Waals surface area contributed by atoms with E-state index >= 15 is 0 Å². The van der Waals surface area contributed by atoms with E-state index < -0.39 is 0 Å². The first-order valence-corrected chi connectivity index (χ1v) is 7.56. The Morgan fingerprint density at radius 1 is 1.00 bits per heavy atom.